The van der Waals surface area contributed by atoms with E-state index in [0.29, 0.717) is 13.2 Å². The number of benzene rings is 4. The van der Waals surface area contributed by atoms with Gasteiger partial charge in [-0.3, -0.25) is 0 Å². The van der Waals surface area contributed by atoms with Crippen LogP contribution < -0.4 is 37.9 Å². The van der Waals surface area contributed by atoms with E-state index in [1.165, 1.54) is 128 Å². The molecule has 584 valence electrons. The number of unbranched alkanes of at least 4 members (excludes halogenated alkanes) is 20. The quantitative estimate of drug-likeness (QED) is 0.0267. The van der Waals surface area contributed by atoms with Crippen molar-refractivity contribution in [1.82, 2.24) is 19.9 Å². The molecule has 0 radical (unpaired) electrons. The van der Waals surface area contributed by atoms with Crippen molar-refractivity contribution in [2.24, 2.45) is 0 Å². The molecule has 4 aromatic heterocycles. The number of aromatic nitrogens is 4. The van der Waals surface area contributed by atoms with Gasteiger partial charge >= 0.3 is 0 Å². The van der Waals surface area contributed by atoms with Crippen LogP contribution in [0.3, 0.4) is 0 Å². The first-order valence-corrected chi connectivity index (χ1v) is 37.9. The molecule has 0 amide bonds. The third-order valence-corrected chi connectivity index (χ3v) is 16.2. The Bertz CT molecular complexity index is 3450. The molecule has 0 saturated carbocycles. The van der Waals surface area contributed by atoms with Crippen LogP contribution in [0, 0.1) is 38.1 Å². The van der Waals surface area contributed by atoms with Crippen LogP contribution in [-0.2, 0) is 84.3 Å². The van der Waals surface area contributed by atoms with Gasteiger partial charge in [0.2, 0.25) is 0 Å². The van der Waals surface area contributed by atoms with Crippen molar-refractivity contribution in [3.8, 4) is 91.0 Å². The predicted molar refractivity (Wildman–Crippen MR) is 413 cm³/mol. The van der Waals surface area contributed by atoms with E-state index in [9.17, 15) is 0 Å². The Balaban J connectivity index is 0.000000685. The smallest absolute Gasteiger partial charge is 0.114 e. The van der Waals surface area contributed by atoms with Crippen molar-refractivity contribution >= 4 is 0 Å². The summed E-state index contributed by atoms with van der Waals surface area (Å²) in [7, 11) is 0. The minimum Gasteiger partial charge on any atom is -0.537 e. The van der Waals surface area contributed by atoms with Crippen molar-refractivity contribution in [1.29, 1.82) is 0 Å². The van der Waals surface area contributed by atoms with Gasteiger partial charge in [0.1, 0.15) is 23.0 Å². The van der Waals surface area contributed by atoms with Crippen molar-refractivity contribution in [3.05, 3.63) is 169 Å². The molecule has 16 heteroatoms. The topological polar surface area (TPSA) is 125 Å². The van der Waals surface area contributed by atoms with Gasteiger partial charge in [-0.25, -0.2) is 0 Å². The van der Waals surface area contributed by atoms with E-state index < -0.39 is 0 Å². The van der Waals surface area contributed by atoms with E-state index in [0.717, 1.165) is 154 Å². The van der Waals surface area contributed by atoms with Crippen LogP contribution in [0.5, 0.6) is 46.0 Å². The summed E-state index contributed by atoms with van der Waals surface area (Å²) in [5, 5.41) is 0. The first-order chi connectivity index (χ1) is 48.9. The first-order valence-electron chi connectivity index (χ1n) is 37.9. The van der Waals surface area contributed by atoms with E-state index in [2.05, 4.69) is 85.7 Å². The zero-order valence-electron chi connectivity index (χ0n) is 64.4. The van der Waals surface area contributed by atoms with Crippen molar-refractivity contribution in [2.45, 2.75) is 249 Å². The molecule has 0 aliphatic heterocycles. The zero-order chi connectivity index (χ0) is 71.6. The summed E-state index contributed by atoms with van der Waals surface area (Å²) in [6.07, 6.45) is 37.5. The van der Waals surface area contributed by atoms with Gasteiger partial charge in [-0.1, -0.05) is 203 Å². The third kappa shape index (κ3) is 38.9. The maximum Gasteiger partial charge on any atom is 0.114 e. The maximum absolute atomic E-state index is 6.14. The largest absolute Gasteiger partial charge is 0.537 e. The van der Waals surface area contributed by atoms with Gasteiger partial charge < -0.3 is 57.8 Å². The molecular weight excluding hydrogens is 2020 g/mol. The second kappa shape index (κ2) is 60.6. The Morgan fingerprint density at radius 2 is 0.587 bits per heavy atom. The Morgan fingerprint density at radius 3 is 0.904 bits per heavy atom. The summed E-state index contributed by atoms with van der Waals surface area (Å²) in [6.45, 7) is 29.4. The molecule has 8 aromatic rings. The van der Waals surface area contributed by atoms with E-state index in [4.69, 9.17) is 37.9 Å². The second-order valence-electron chi connectivity index (χ2n) is 25.7. The fraction of sp³-hybridized carbons (Fsp3) is 0.500. The van der Waals surface area contributed by atoms with Gasteiger partial charge in [0, 0.05) is 132 Å². The van der Waals surface area contributed by atoms with Crippen LogP contribution in [-0.4, -0.2) is 71.8 Å². The minimum atomic E-state index is 0. The summed E-state index contributed by atoms with van der Waals surface area (Å²) in [5.41, 5.74) is 9.17. The minimum absolute atomic E-state index is 0. The molecule has 0 spiro atoms. The molecule has 8 rings (SSSR count). The van der Waals surface area contributed by atoms with E-state index >= 15 is 0 Å². The standard InChI is InChI=1S/C23H32NO2.2C22H30NO2.C21H28NO2.4Pt/c1-5-6-7-8-9-10-16-25-23-19(4)12-11-13-21(23)22-17-20(14-15-24-22)26-18(2)3;1-4-5-6-7-8-11-16-24-22-13-10-9-12-20(22)21-17-19(14-15-23-21)25-18(2)3;1-4-6-7-8-9-10-16-25-22-18(3)12-11-13-20(22)21-17-19(24-5-2)14-15-23-21;1-3-5-6-7-8-11-16-24-21-13-10-9-12-19(21)20-17-18(23-4-2)14-15-22-20;;;;/h11-12,14-15,17-18H,5-10,16H2,1-4H3;9-10,13-15,17-18H,4-8,11,16H2,1-3H3;11-12,14-15,17H,4-10,16H2,1-3H3;9-10,13-15,17H,3-8,11,16H2,1-2H3;;;;/q4*-1;;;;. The first kappa shape index (κ1) is 96.6. The van der Waals surface area contributed by atoms with Crippen molar-refractivity contribution in [2.75, 3.05) is 39.6 Å². The average Bonchev–Trinajstić information content (AvgIpc) is 0.833. The number of nitrogens with zero attached hydrogens (tertiary/aromatic N) is 4. The summed E-state index contributed by atoms with van der Waals surface area (Å²) in [4.78, 5) is 17.9. The van der Waals surface area contributed by atoms with Crippen LogP contribution in [0.25, 0.3) is 45.0 Å². The van der Waals surface area contributed by atoms with Crippen LogP contribution in [0.15, 0.2) is 134 Å². The predicted octanol–water partition coefficient (Wildman–Crippen LogP) is 24.1. The molecule has 104 heavy (non-hydrogen) atoms. The van der Waals surface area contributed by atoms with Gasteiger partial charge in [-0.15, -0.1) is 84.9 Å². The van der Waals surface area contributed by atoms with Crippen molar-refractivity contribution in [3.63, 3.8) is 0 Å². The van der Waals surface area contributed by atoms with Crippen LogP contribution >= 0.6 is 0 Å². The third-order valence-electron chi connectivity index (χ3n) is 16.2. The van der Waals surface area contributed by atoms with E-state index in [1.807, 2.05) is 151 Å². The van der Waals surface area contributed by atoms with Gasteiger partial charge in [-0.2, -0.15) is 0 Å². The van der Waals surface area contributed by atoms with Crippen LogP contribution in [0.1, 0.15) is 234 Å². The number of hydrogen-bond acceptors (Lipinski definition) is 12. The van der Waals surface area contributed by atoms with Gasteiger partial charge in [0.15, 0.2) is 0 Å². The van der Waals surface area contributed by atoms with E-state index in [1.54, 1.807) is 24.8 Å². The summed E-state index contributed by atoms with van der Waals surface area (Å²) < 4.78 is 47.0. The fourth-order valence-corrected chi connectivity index (χ4v) is 11.1. The molecule has 0 aliphatic rings. The Labute approximate surface area is 685 Å². The molecule has 0 atom stereocenters. The number of ether oxygens (including phenoxy) is 8. The molecule has 0 fully saturated rings. The number of aryl methyl sites for hydroxylation is 2. The molecular formula is C88H120N4O8Pt4-4. The molecule has 0 unspecified atom stereocenters. The summed E-state index contributed by atoms with van der Waals surface area (Å²) in [6, 6.07) is 48.0. The van der Waals surface area contributed by atoms with Gasteiger partial charge in [-0.05, 0) is 139 Å². The number of pyridine rings is 4. The van der Waals surface area contributed by atoms with E-state index in [-0.39, 0.29) is 96.5 Å². The summed E-state index contributed by atoms with van der Waals surface area (Å²) >= 11 is 0. The Morgan fingerprint density at radius 1 is 0.308 bits per heavy atom. The van der Waals surface area contributed by atoms with Gasteiger partial charge in [0.25, 0.3) is 0 Å². The van der Waals surface area contributed by atoms with Crippen LogP contribution in [0.4, 0.5) is 0 Å². The SMILES string of the molecule is CCCCCCCCOc1c(-c2cc(OC(C)C)ccn2)[c-]ccc1C.CCCCCCCCOc1c(-c2cc(OCC)ccn2)[c-]ccc1C.CCCCCCCCOc1ccc[c-]c1-c1cc(OC(C)C)ccn1.CCCCCCCCOc1ccc[c-]c1-c1cc(OCC)ccn1.[Pt].[Pt].[Pt].[Pt]. The molecule has 0 bridgehead atoms. The Kier molecular flexibility index (Phi) is 56.3. The molecule has 12 nitrogen and oxygen atoms in total. The molecule has 0 N–H and O–H groups in total. The Hall–Kier alpha value is -5.37. The zero-order valence-corrected chi connectivity index (χ0v) is 73.5. The van der Waals surface area contributed by atoms with Crippen LogP contribution in [0.2, 0.25) is 0 Å². The second-order valence-corrected chi connectivity index (χ2v) is 25.7. The molecule has 0 saturated heterocycles. The average molecular weight is 2140 g/mol. The maximum atomic E-state index is 6.14. The van der Waals surface area contributed by atoms with Gasteiger partial charge in [0.05, 0.1) is 51.8 Å². The monoisotopic (exact) mass is 2140 g/mol. The normalized spacial score (nSPS) is 10.4. The molecule has 4 heterocycles. The summed E-state index contributed by atoms with van der Waals surface area (Å²) in [5.74, 6) is 6.73. The van der Waals surface area contributed by atoms with Crippen molar-refractivity contribution < 1.29 is 122 Å². The fourth-order valence-electron chi connectivity index (χ4n) is 11.1. The molecule has 4 aromatic carbocycles. The number of rotatable bonds is 44. The number of hydrogen-bond donors (Lipinski definition) is 0. The molecule has 0 aliphatic carbocycles.